The topological polar surface area (TPSA) is 109 Å². The van der Waals surface area contributed by atoms with Crippen LogP contribution in [0.3, 0.4) is 0 Å². The smallest absolute Gasteiger partial charge is 0.128 e. The monoisotopic (exact) mass is 418 g/mol. The van der Waals surface area contributed by atoms with Gasteiger partial charge in [-0.2, -0.15) is 0 Å². The molecule has 4 rings (SSSR count). The number of aryl methyl sites for hydroxylation is 2. The Bertz CT molecular complexity index is 995. The van der Waals surface area contributed by atoms with Crippen molar-refractivity contribution in [1.82, 2.24) is 0 Å². The van der Waals surface area contributed by atoms with E-state index in [1.807, 2.05) is 18.2 Å². The van der Waals surface area contributed by atoms with Crippen molar-refractivity contribution in [2.75, 3.05) is 20.8 Å². The van der Waals surface area contributed by atoms with Crippen LogP contribution in [-0.2, 0) is 24.0 Å². The van der Waals surface area contributed by atoms with E-state index in [0.29, 0.717) is 35.5 Å². The Balaban J connectivity index is 1.72. The third-order valence-corrected chi connectivity index (χ3v) is 5.87. The molecule has 1 saturated heterocycles. The van der Waals surface area contributed by atoms with Gasteiger partial charge in [-0.3, -0.25) is 0 Å². The summed E-state index contributed by atoms with van der Waals surface area (Å²) in [6.45, 7) is -0.524. The van der Waals surface area contributed by atoms with E-state index in [1.54, 1.807) is 12.1 Å². The number of methoxy groups -OCH3 is 2. The first-order valence-corrected chi connectivity index (χ1v) is 9.87. The van der Waals surface area contributed by atoms with E-state index in [2.05, 4.69) is 0 Å². The zero-order chi connectivity index (χ0) is 23.2. The van der Waals surface area contributed by atoms with Crippen molar-refractivity contribution < 1.29 is 37.4 Å². The predicted octanol–water partition coefficient (Wildman–Crippen LogP) is 0.908. The molecule has 0 bridgehead atoms. The highest BCUT2D eigenvalue weighted by Crippen LogP contribution is 2.40. The van der Waals surface area contributed by atoms with E-state index in [-0.39, 0.29) is 0 Å². The molecule has 7 heteroatoms. The molecule has 0 spiro atoms. The van der Waals surface area contributed by atoms with Crippen molar-refractivity contribution in [3.05, 3.63) is 58.1 Å². The number of aliphatic hydroxyl groups excluding tert-OH is 4. The number of rotatable bonds is 6. The lowest BCUT2D eigenvalue weighted by molar-refractivity contribution is -0.232. The molecule has 2 aromatic rings. The van der Waals surface area contributed by atoms with E-state index < -0.39 is 43.5 Å². The van der Waals surface area contributed by atoms with Crippen LogP contribution in [0.15, 0.2) is 30.3 Å². The van der Waals surface area contributed by atoms with Crippen molar-refractivity contribution in [2.45, 2.75) is 49.7 Å². The minimum atomic E-state index is -1.50. The fourth-order valence-electron chi connectivity index (χ4n) is 4.07. The lowest BCUT2D eigenvalue weighted by Crippen LogP contribution is -2.55. The Morgan fingerprint density at radius 2 is 1.77 bits per heavy atom. The molecule has 0 amide bonds. The van der Waals surface area contributed by atoms with Gasteiger partial charge in [0.1, 0.15) is 42.0 Å². The molecule has 0 radical (unpaired) electrons. The Morgan fingerprint density at radius 3 is 2.43 bits per heavy atom. The van der Waals surface area contributed by atoms with Gasteiger partial charge in [-0.05, 0) is 41.1 Å². The predicted molar refractivity (Wildman–Crippen MR) is 109 cm³/mol. The first-order valence-electron chi connectivity index (χ1n) is 10.9. The summed E-state index contributed by atoms with van der Waals surface area (Å²) in [4.78, 5) is 0. The first kappa shape index (κ1) is 18.6. The van der Waals surface area contributed by atoms with E-state index in [0.717, 1.165) is 16.7 Å². The van der Waals surface area contributed by atoms with Gasteiger partial charge >= 0.3 is 0 Å². The summed E-state index contributed by atoms with van der Waals surface area (Å²) in [5, 5.41) is 40.4. The van der Waals surface area contributed by atoms with Crippen molar-refractivity contribution in [3.63, 3.8) is 0 Å². The standard InChI is InChI=1S/C23H28O7/c1-28-17-10-18(29-2)16(23-22(27)21(26)20(25)19(11-24)30-23)9-15(17)8-12-3-4-13-5-6-14(13)7-12/h3-4,7,9-10,19-27H,5-6,8,11H2,1-2H3/t19-,20-,21+,22-,23+/m1/s1/i6D2. The Hall–Kier alpha value is -2.16. The van der Waals surface area contributed by atoms with Crippen molar-refractivity contribution in [2.24, 2.45) is 0 Å². The molecule has 0 unspecified atom stereocenters. The van der Waals surface area contributed by atoms with Gasteiger partial charge < -0.3 is 34.6 Å². The number of hydrogen-bond donors (Lipinski definition) is 4. The summed E-state index contributed by atoms with van der Waals surface area (Å²) < 4.78 is 32.8. The molecular formula is C23H28O7. The molecule has 0 saturated carbocycles. The van der Waals surface area contributed by atoms with Gasteiger partial charge in [-0.25, -0.2) is 0 Å². The molecule has 0 aromatic heterocycles. The van der Waals surface area contributed by atoms with Crippen LogP contribution in [0.2, 0.25) is 0 Å². The summed E-state index contributed by atoms with van der Waals surface area (Å²) >= 11 is 0. The quantitative estimate of drug-likeness (QED) is 0.552. The zero-order valence-electron chi connectivity index (χ0n) is 18.9. The summed E-state index contributed by atoms with van der Waals surface area (Å²) in [6.07, 6.45) is -6.96. The Morgan fingerprint density at radius 1 is 1.00 bits per heavy atom. The fraction of sp³-hybridized carbons (Fsp3) is 0.478. The largest absolute Gasteiger partial charge is 0.496 e. The van der Waals surface area contributed by atoms with Crippen molar-refractivity contribution >= 4 is 0 Å². The van der Waals surface area contributed by atoms with E-state index in [4.69, 9.17) is 17.0 Å². The molecule has 5 atom stereocenters. The molecular weight excluding hydrogens is 388 g/mol. The molecule has 1 heterocycles. The van der Waals surface area contributed by atoms with Crippen LogP contribution in [0.4, 0.5) is 0 Å². The van der Waals surface area contributed by atoms with Crippen LogP contribution in [0.25, 0.3) is 0 Å². The molecule has 7 nitrogen and oxygen atoms in total. The highest BCUT2D eigenvalue weighted by molar-refractivity contribution is 5.50. The lowest BCUT2D eigenvalue weighted by atomic mass is 9.85. The van der Waals surface area contributed by atoms with Crippen LogP contribution in [0, 0.1) is 0 Å². The maximum atomic E-state index is 10.6. The maximum Gasteiger partial charge on any atom is 0.128 e. The third-order valence-electron chi connectivity index (χ3n) is 5.87. The van der Waals surface area contributed by atoms with Gasteiger partial charge in [-0.1, -0.05) is 18.2 Å². The summed E-state index contributed by atoms with van der Waals surface area (Å²) in [6, 6.07) is 9.15. The summed E-state index contributed by atoms with van der Waals surface area (Å²) in [7, 11) is 2.99. The Kier molecular flexibility index (Phi) is 5.29. The minimum absolute atomic E-state index is 0.364. The minimum Gasteiger partial charge on any atom is -0.496 e. The maximum absolute atomic E-state index is 10.6. The van der Waals surface area contributed by atoms with Gasteiger partial charge in [-0.15, -0.1) is 0 Å². The van der Waals surface area contributed by atoms with Crippen LogP contribution in [0.1, 0.15) is 36.7 Å². The second-order valence-corrected chi connectivity index (χ2v) is 7.68. The number of benzene rings is 2. The molecule has 2 aliphatic rings. The number of aliphatic hydroxyl groups is 4. The first-order chi connectivity index (χ1) is 15.2. The molecule has 1 fully saturated rings. The van der Waals surface area contributed by atoms with Crippen molar-refractivity contribution in [3.8, 4) is 11.5 Å². The average Bonchev–Trinajstić information content (AvgIpc) is 2.78. The van der Waals surface area contributed by atoms with Crippen LogP contribution >= 0.6 is 0 Å². The second kappa shape index (κ2) is 8.53. The van der Waals surface area contributed by atoms with E-state index in [1.165, 1.54) is 14.2 Å². The molecule has 162 valence electrons. The SMILES string of the molecule is [2H]C1([2H])Cc2ccc(Cc3cc([C@@H]4O[C@H](CO)[C@@H](O)[C@H](O)[C@H]4O)c(OC)cc3OC)cc21. The van der Waals surface area contributed by atoms with Gasteiger partial charge in [0.25, 0.3) is 0 Å². The van der Waals surface area contributed by atoms with Crippen LogP contribution in [-0.4, -0.2) is 65.7 Å². The second-order valence-electron chi connectivity index (χ2n) is 7.68. The summed E-state index contributed by atoms with van der Waals surface area (Å²) in [5.41, 5.74) is 3.79. The Labute approximate surface area is 178 Å². The highest BCUT2D eigenvalue weighted by Gasteiger charge is 2.45. The van der Waals surface area contributed by atoms with Gasteiger partial charge in [0.05, 0.1) is 20.8 Å². The number of hydrogen-bond acceptors (Lipinski definition) is 7. The lowest BCUT2D eigenvalue weighted by Gasteiger charge is -2.40. The van der Waals surface area contributed by atoms with E-state index >= 15 is 0 Å². The summed E-state index contributed by atoms with van der Waals surface area (Å²) in [5.74, 6) is 0.907. The third kappa shape index (κ3) is 3.68. The van der Waals surface area contributed by atoms with Gasteiger partial charge in [0, 0.05) is 20.8 Å². The highest BCUT2D eigenvalue weighted by atomic mass is 16.5. The van der Waals surface area contributed by atoms with Crippen LogP contribution in [0.5, 0.6) is 11.5 Å². The zero-order valence-corrected chi connectivity index (χ0v) is 16.9. The molecule has 1 aliphatic carbocycles. The van der Waals surface area contributed by atoms with E-state index in [9.17, 15) is 20.4 Å². The normalized spacial score (nSPS) is 30.5. The molecule has 1 aliphatic heterocycles. The van der Waals surface area contributed by atoms with Crippen molar-refractivity contribution in [1.29, 1.82) is 0 Å². The van der Waals surface area contributed by atoms with Gasteiger partial charge in [0.2, 0.25) is 0 Å². The molecule has 4 N–H and O–H groups in total. The fourth-order valence-corrected chi connectivity index (χ4v) is 4.07. The number of ether oxygens (including phenoxy) is 3. The number of fused-ring (bicyclic) bond motifs is 1. The van der Waals surface area contributed by atoms with Gasteiger partial charge in [0.15, 0.2) is 0 Å². The van der Waals surface area contributed by atoms with Crippen LogP contribution < -0.4 is 9.47 Å². The molecule has 2 aromatic carbocycles. The average molecular weight is 418 g/mol. The molecule has 30 heavy (non-hydrogen) atoms.